The molecule has 4 aromatic rings. The van der Waals surface area contributed by atoms with Crippen LogP contribution in [0.4, 0.5) is 10.2 Å². The van der Waals surface area contributed by atoms with Crippen LogP contribution in [0.25, 0.3) is 21.8 Å². The van der Waals surface area contributed by atoms with Crippen molar-refractivity contribution < 1.29 is 9.13 Å². The Morgan fingerprint density at radius 3 is 2.65 bits per heavy atom. The highest BCUT2D eigenvalue weighted by molar-refractivity contribution is 6.28. The topological polar surface area (TPSA) is 59.9 Å². The molecule has 0 bridgehead atoms. The van der Waals surface area contributed by atoms with E-state index in [9.17, 15) is 4.39 Å². The summed E-state index contributed by atoms with van der Waals surface area (Å²) >= 11 is 6.19. The van der Waals surface area contributed by atoms with Gasteiger partial charge < -0.3 is 10.1 Å². The summed E-state index contributed by atoms with van der Waals surface area (Å²) in [6, 6.07) is 12.9. The van der Waals surface area contributed by atoms with Gasteiger partial charge in [-0.05, 0) is 104 Å². The first kappa shape index (κ1) is 22.8. The minimum atomic E-state index is -0.203. The summed E-state index contributed by atoms with van der Waals surface area (Å²) in [6.07, 6.45) is 7.42. The SMILES string of the molecule is COc1ccc2c(NC(C)C[C@H]3CC[C@H](c4ccnc5ccc(F)cc54)CC3)nc(Cl)nc2c1. The zero-order chi connectivity index (χ0) is 23.7. The number of halogens is 2. The fourth-order valence-corrected chi connectivity index (χ4v) is 5.49. The lowest BCUT2D eigenvalue weighted by Gasteiger charge is -2.31. The predicted octanol–water partition coefficient (Wildman–Crippen LogP) is 7.14. The van der Waals surface area contributed by atoms with Crippen molar-refractivity contribution in [3.8, 4) is 5.75 Å². The Labute approximate surface area is 203 Å². The van der Waals surface area contributed by atoms with E-state index in [-0.39, 0.29) is 17.1 Å². The summed E-state index contributed by atoms with van der Waals surface area (Å²) in [7, 11) is 1.63. The molecule has 0 saturated heterocycles. The van der Waals surface area contributed by atoms with E-state index < -0.39 is 0 Å². The van der Waals surface area contributed by atoms with Crippen LogP contribution in [0.15, 0.2) is 48.7 Å². The minimum Gasteiger partial charge on any atom is -0.497 e. The van der Waals surface area contributed by atoms with Crippen molar-refractivity contribution in [2.24, 2.45) is 5.92 Å². The molecular formula is C27H28ClFN4O. The molecule has 1 aliphatic carbocycles. The Bertz CT molecular complexity index is 1320. The van der Waals surface area contributed by atoms with Gasteiger partial charge in [0.25, 0.3) is 0 Å². The molecule has 1 unspecified atom stereocenters. The molecule has 0 aliphatic heterocycles. The van der Waals surface area contributed by atoms with E-state index >= 15 is 0 Å². The predicted molar refractivity (Wildman–Crippen MR) is 135 cm³/mol. The molecule has 2 aromatic heterocycles. The number of pyridine rings is 1. The van der Waals surface area contributed by atoms with Crippen molar-refractivity contribution in [2.75, 3.05) is 12.4 Å². The van der Waals surface area contributed by atoms with Crippen LogP contribution in [0, 0.1) is 11.7 Å². The van der Waals surface area contributed by atoms with Crippen molar-refractivity contribution in [1.29, 1.82) is 0 Å². The van der Waals surface area contributed by atoms with Crippen LogP contribution < -0.4 is 10.1 Å². The first-order chi connectivity index (χ1) is 16.5. The van der Waals surface area contributed by atoms with Crippen LogP contribution in [0.3, 0.4) is 0 Å². The molecule has 2 heterocycles. The zero-order valence-corrected chi connectivity index (χ0v) is 20.1. The number of aromatic nitrogens is 3. The first-order valence-corrected chi connectivity index (χ1v) is 12.2. The number of hydrogen-bond donors (Lipinski definition) is 1. The number of ether oxygens (including phenoxy) is 1. The second kappa shape index (κ2) is 9.71. The van der Waals surface area contributed by atoms with Gasteiger partial charge in [-0.1, -0.05) is 0 Å². The third kappa shape index (κ3) is 4.78. The Morgan fingerprint density at radius 2 is 1.85 bits per heavy atom. The highest BCUT2D eigenvalue weighted by atomic mass is 35.5. The molecular weight excluding hydrogens is 451 g/mol. The monoisotopic (exact) mass is 478 g/mol. The van der Waals surface area contributed by atoms with Crippen LogP contribution in [-0.2, 0) is 0 Å². The first-order valence-electron chi connectivity index (χ1n) is 11.8. The number of hydrogen-bond acceptors (Lipinski definition) is 5. The van der Waals surface area contributed by atoms with Gasteiger partial charge in [-0.3, -0.25) is 4.98 Å². The molecule has 34 heavy (non-hydrogen) atoms. The van der Waals surface area contributed by atoms with Gasteiger partial charge in [0.05, 0.1) is 18.1 Å². The number of methoxy groups -OCH3 is 1. The Hall–Kier alpha value is -2.99. The van der Waals surface area contributed by atoms with E-state index in [0.29, 0.717) is 11.8 Å². The maximum Gasteiger partial charge on any atom is 0.224 e. The van der Waals surface area contributed by atoms with E-state index in [1.807, 2.05) is 24.4 Å². The lowest BCUT2D eigenvalue weighted by atomic mass is 9.76. The summed E-state index contributed by atoms with van der Waals surface area (Å²) in [5, 5.41) is 5.65. The normalized spacial score (nSPS) is 19.3. The molecule has 1 fully saturated rings. The van der Waals surface area contributed by atoms with Gasteiger partial charge in [0, 0.05) is 29.1 Å². The van der Waals surface area contributed by atoms with Gasteiger partial charge in [-0.25, -0.2) is 14.4 Å². The molecule has 176 valence electrons. The van der Waals surface area contributed by atoms with Gasteiger partial charge in [0.2, 0.25) is 5.28 Å². The van der Waals surface area contributed by atoms with Crippen LogP contribution in [-0.4, -0.2) is 28.1 Å². The number of benzene rings is 2. The number of rotatable bonds is 6. The third-order valence-corrected chi connectivity index (χ3v) is 7.14. The highest BCUT2D eigenvalue weighted by Crippen LogP contribution is 2.40. The zero-order valence-electron chi connectivity index (χ0n) is 19.4. The Kier molecular flexibility index (Phi) is 6.50. The lowest BCUT2D eigenvalue weighted by molar-refractivity contribution is 0.302. The van der Waals surface area contributed by atoms with Gasteiger partial charge in [-0.2, -0.15) is 0 Å². The van der Waals surface area contributed by atoms with Crippen molar-refractivity contribution >= 4 is 39.2 Å². The molecule has 5 nitrogen and oxygen atoms in total. The van der Waals surface area contributed by atoms with Crippen LogP contribution >= 0.6 is 11.6 Å². The van der Waals surface area contributed by atoms with Crippen molar-refractivity contribution in [1.82, 2.24) is 15.0 Å². The number of nitrogens with zero attached hydrogens (tertiary/aromatic N) is 3. The largest absolute Gasteiger partial charge is 0.497 e. The maximum atomic E-state index is 13.9. The second-order valence-corrected chi connectivity index (χ2v) is 9.62. The summed E-state index contributed by atoms with van der Waals surface area (Å²) in [4.78, 5) is 13.2. The van der Waals surface area contributed by atoms with E-state index in [0.717, 1.165) is 65.5 Å². The molecule has 1 N–H and O–H groups in total. The summed E-state index contributed by atoms with van der Waals surface area (Å²) in [6.45, 7) is 2.19. The minimum absolute atomic E-state index is 0.203. The average Bonchev–Trinajstić information content (AvgIpc) is 2.83. The van der Waals surface area contributed by atoms with Crippen molar-refractivity contribution in [3.05, 3.63) is 65.3 Å². The molecule has 0 amide bonds. The molecule has 0 radical (unpaired) electrons. The molecule has 1 atom stereocenters. The fraction of sp³-hybridized carbons (Fsp3) is 0.370. The summed E-state index contributed by atoms with van der Waals surface area (Å²) in [5.41, 5.74) is 2.86. The second-order valence-electron chi connectivity index (χ2n) is 9.28. The smallest absolute Gasteiger partial charge is 0.224 e. The Morgan fingerprint density at radius 1 is 1.03 bits per heavy atom. The molecule has 1 saturated carbocycles. The average molecular weight is 479 g/mol. The van der Waals surface area contributed by atoms with Crippen LogP contribution in [0.5, 0.6) is 5.75 Å². The van der Waals surface area contributed by atoms with Crippen LogP contribution in [0.2, 0.25) is 5.28 Å². The van der Waals surface area contributed by atoms with Crippen molar-refractivity contribution in [3.63, 3.8) is 0 Å². The number of fused-ring (bicyclic) bond motifs is 2. The van der Waals surface area contributed by atoms with E-state index in [1.165, 1.54) is 11.6 Å². The number of nitrogens with one attached hydrogen (secondary N) is 1. The molecule has 5 rings (SSSR count). The van der Waals surface area contributed by atoms with E-state index in [1.54, 1.807) is 19.2 Å². The Balaban J connectivity index is 1.24. The molecule has 7 heteroatoms. The number of anilines is 1. The summed E-state index contributed by atoms with van der Waals surface area (Å²) in [5.74, 6) is 2.37. The highest BCUT2D eigenvalue weighted by Gasteiger charge is 2.25. The van der Waals surface area contributed by atoms with Gasteiger partial charge >= 0.3 is 0 Å². The fourth-order valence-electron chi connectivity index (χ4n) is 5.32. The standard InChI is InChI=1S/C27H28ClFN4O/c1-16(31-26-22-9-8-20(34-2)15-25(22)32-27(28)33-26)13-17-3-5-18(6-4-17)21-11-12-30-24-10-7-19(29)14-23(21)24/h7-12,14-18H,3-6,13H2,1-2H3,(H,31,32,33)/t16?,17-,18-. The molecule has 2 aromatic carbocycles. The lowest BCUT2D eigenvalue weighted by Crippen LogP contribution is -2.23. The third-order valence-electron chi connectivity index (χ3n) is 6.97. The molecule has 1 aliphatic rings. The maximum absolute atomic E-state index is 13.9. The summed E-state index contributed by atoms with van der Waals surface area (Å²) < 4.78 is 19.2. The van der Waals surface area contributed by atoms with Gasteiger partial charge in [-0.15, -0.1) is 0 Å². The van der Waals surface area contributed by atoms with Crippen LogP contribution in [0.1, 0.15) is 50.5 Å². The quantitative estimate of drug-likeness (QED) is 0.298. The van der Waals surface area contributed by atoms with E-state index in [4.69, 9.17) is 16.3 Å². The van der Waals surface area contributed by atoms with Crippen molar-refractivity contribution in [2.45, 2.75) is 51.0 Å². The van der Waals surface area contributed by atoms with Gasteiger partial charge in [0.15, 0.2) is 0 Å². The van der Waals surface area contributed by atoms with E-state index in [2.05, 4.69) is 33.3 Å². The molecule has 0 spiro atoms. The van der Waals surface area contributed by atoms with Gasteiger partial charge in [0.1, 0.15) is 17.4 Å².